The van der Waals surface area contributed by atoms with Gasteiger partial charge in [-0.2, -0.15) is 0 Å². The molecule has 6 heteroatoms. The Hall–Kier alpha value is -2.60. The molecule has 0 spiro atoms. The van der Waals surface area contributed by atoms with Crippen molar-refractivity contribution < 1.29 is 4.52 Å². The maximum absolute atomic E-state index is 11.1. The van der Waals surface area contributed by atoms with Crippen molar-refractivity contribution in [3.8, 4) is 11.4 Å². The number of aromatic nitrogens is 3. The lowest BCUT2D eigenvalue weighted by molar-refractivity contribution is 0.388. The van der Waals surface area contributed by atoms with Crippen LogP contribution in [0.3, 0.4) is 0 Å². The van der Waals surface area contributed by atoms with Crippen LogP contribution in [0.25, 0.3) is 22.3 Å². The van der Waals surface area contributed by atoms with Gasteiger partial charge in [-0.05, 0) is 35.2 Å². The van der Waals surface area contributed by atoms with E-state index in [1.807, 2.05) is 30.3 Å². The molecule has 0 amide bonds. The van der Waals surface area contributed by atoms with E-state index in [-0.39, 0.29) is 0 Å². The van der Waals surface area contributed by atoms with Crippen LogP contribution in [0.1, 0.15) is 5.56 Å². The molecular weight excluding hydrogens is 358 g/mol. The Bertz CT molecular complexity index is 1050. The quantitative estimate of drug-likeness (QED) is 0.597. The number of H-pyrrole nitrogens is 1. The van der Waals surface area contributed by atoms with Gasteiger partial charge in [-0.15, -0.1) is 0 Å². The predicted molar refractivity (Wildman–Crippen MR) is 91.3 cm³/mol. The summed E-state index contributed by atoms with van der Waals surface area (Å²) in [6.45, 7) is 0.766. The summed E-state index contributed by atoms with van der Waals surface area (Å²) in [4.78, 5) is 13.7. The number of hydrogen-bond donors (Lipinski definition) is 1. The summed E-state index contributed by atoms with van der Waals surface area (Å²) in [7, 11) is 0. The van der Waals surface area contributed by atoms with E-state index in [0.717, 1.165) is 27.5 Å². The Labute approximate surface area is 139 Å². The van der Waals surface area contributed by atoms with E-state index in [1.54, 1.807) is 0 Å². The van der Waals surface area contributed by atoms with Crippen molar-refractivity contribution in [1.29, 1.82) is 0 Å². The molecule has 4 aromatic rings. The zero-order valence-corrected chi connectivity index (χ0v) is 13.6. The van der Waals surface area contributed by atoms with Gasteiger partial charge < -0.3 is 4.57 Å². The Morgan fingerprint density at radius 1 is 1.17 bits per heavy atom. The third-order valence-electron chi connectivity index (χ3n) is 3.73. The van der Waals surface area contributed by atoms with Gasteiger partial charge in [0.25, 0.3) is 0 Å². The molecule has 0 radical (unpaired) electrons. The Morgan fingerprint density at radius 3 is 2.87 bits per heavy atom. The fraction of sp³-hybridized carbons (Fsp3) is 0.0588. The summed E-state index contributed by atoms with van der Waals surface area (Å²) in [5.41, 5.74) is 3.10. The number of halogens is 1. The van der Waals surface area contributed by atoms with Crippen molar-refractivity contribution in [2.75, 3.05) is 0 Å². The van der Waals surface area contributed by atoms with Crippen LogP contribution in [0.15, 0.2) is 68.5 Å². The lowest BCUT2D eigenvalue weighted by Gasteiger charge is -2.07. The lowest BCUT2D eigenvalue weighted by Crippen LogP contribution is -1.98. The maximum Gasteiger partial charge on any atom is 0.439 e. The second kappa shape index (κ2) is 5.55. The number of rotatable bonds is 3. The zero-order valence-electron chi connectivity index (χ0n) is 12.0. The van der Waals surface area contributed by atoms with E-state index < -0.39 is 5.76 Å². The molecule has 0 aliphatic rings. The van der Waals surface area contributed by atoms with Crippen LogP contribution < -0.4 is 5.76 Å². The van der Waals surface area contributed by atoms with Crippen molar-refractivity contribution >= 4 is 26.8 Å². The molecule has 0 atom stereocenters. The molecule has 0 aliphatic carbocycles. The third-order valence-corrected chi connectivity index (χ3v) is 4.22. The maximum atomic E-state index is 11.1. The largest absolute Gasteiger partial charge is 0.439 e. The highest BCUT2D eigenvalue weighted by Crippen LogP contribution is 2.23. The van der Waals surface area contributed by atoms with Crippen LogP contribution >= 0.6 is 15.9 Å². The van der Waals surface area contributed by atoms with E-state index in [1.165, 1.54) is 5.56 Å². The highest BCUT2D eigenvalue weighted by Gasteiger charge is 2.08. The Morgan fingerprint density at radius 2 is 2.09 bits per heavy atom. The minimum Gasteiger partial charge on any atom is -0.343 e. The molecular formula is C17H12BrN3O2. The highest BCUT2D eigenvalue weighted by molar-refractivity contribution is 9.10. The van der Waals surface area contributed by atoms with Gasteiger partial charge in [-0.1, -0.05) is 45.4 Å². The predicted octanol–water partition coefficient (Wildman–Crippen LogP) is 3.80. The molecule has 1 N–H and O–H groups in total. The van der Waals surface area contributed by atoms with Crippen molar-refractivity contribution in [2.45, 2.75) is 6.54 Å². The number of fused-ring (bicyclic) bond motifs is 1. The Kier molecular flexibility index (Phi) is 3.38. The molecule has 23 heavy (non-hydrogen) atoms. The van der Waals surface area contributed by atoms with Gasteiger partial charge in [0.1, 0.15) is 0 Å². The van der Waals surface area contributed by atoms with Gasteiger partial charge in [0.15, 0.2) is 5.82 Å². The van der Waals surface area contributed by atoms with Crippen LogP contribution in [-0.2, 0) is 6.54 Å². The van der Waals surface area contributed by atoms with Gasteiger partial charge in [0.2, 0.25) is 0 Å². The van der Waals surface area contributed by atoms with Crippen LogP contribution in [0, 0.1) is 0 Å². The number of nitrogens with one attached hydrogen (secondary N) is 1. The number of nitrogens with zero attached hydrogens (tertiary/aromatic N) is 2. The summed E-state index contributed by atoms with van der Waals surface area (Å²) in [6.07, 6.45) is 2.06. The molecule has 2 aromatic heterocycles. The number of benzene rings is 2. The van der Waals surface area contributed by atoms with Gasteiger partial charge >= 0.3 is 5.76 Å². The summed E-state index contributed by atoms with van der Waals surface area (Å²) >= 11 is 3.50. The van der Waals surface area contributed by atoms with Crippen molar-refractivity contribution in [2.24, 2.45) is 0 Å². The van der Waals surface area contributed by atoms with Crippen LogP contribution in [0.5, 0.6) is 0 Å². The van der Waals surface area contributed by atoms with Gasteiger partial charge in [-0.25, -0.2) is 4.79 Å². The first-order valence-electron chi connectivity index (χ1n) is 7.09. The monoisotopic (exact) mass is 369 g/mol. The molecule has 4 rings (SSSR count). The molecule has 2 aromatic carbocycles. The summed E-state index contributed by atoms with van der Waals surface area (Å²) in [5.74, 6) is -0.114. The summed E-state index contributed by atoms with van der Waals surface area (Å²) < 4.78 is 7.81. The first-order valence-corrected chi connectivity index (χ1v) is 7.88. The number of aromatic amines is 1. The minimum atomic E-state index is -0.551. The summed E-state index contributed by atoms with van der Waals surface area (Å²) in [5, 5.41) is 4.88. The molecule has 0 unspecified atom stereocenters. The smallest absolute Gasteiger partial charge is 0.343 e. The molecule has 0 saturated heterocycles. The highest BCUT2D eigenvalue weighted by atomic mass is 79.9. The molecule has 0 saturated carbocycles. The van der Waals surface area contributed by atoms with Crippen LogP contribution in [0.2, 0.25) is 0 Å². The van der Waals surface area contributed by atoms with Crippen molar-refractivity contribution in [3.63, 3.8) is 0 Å². The van der Waals surface area contributed by atoms with E-state index in [2.05, 4.69) is 59.6 Å². The first-order chi connectivity index (χ1) is 11.2. The second-order valence-electron chi connectivity index (χ2n) is 5.29. The Balaban J connectivity index is 1.77. The fourth-order valence-electron chi connectivity index (χ4n) is 2.66. The average molecular weight is 370 g/mol. The SMILES string of the molecule is O=c1[nH]c(-c2ccc3ccn(Cc4cccc(Br)c4)c3c2)no1. The summed E-state index contributed by atoms with van der Waals surface area (Å²) in [6, 6.07) is 16.2. The standard InChI is InChI=1S/C17H12BrN3O2/c18-14-3-1-2-11(8-14)10-21-7-6-12-4-5-13(9-15(12)21)16-19-17(22)23-20-16/h1-9H,10H2,(H,19,20,22). The lowest BCUT2D eigenvalue weighted by atomic mass is 10.1. The molecule has 2 heterocycles. The van der Waals surface area contributed by atoms with E-state index in [0.29, 0.717) is 5.82 Å². The van der Waals surface area contributed by atoms with Crippen molar-refractivity contribution in [1.82, 2.24) is 14.7 Å². The van der Waals surface area contributed by atoms with Crippen LogP contribution in [-0.4, -0.2) is 14.7 Å². The second-order valence-corrected chi connectivity index (χ2v) is 6.21. The van der Waals surface area contributed by atoms with Crippen LogP contribution in [0.4, 0.5) is 0 Å². The zero-order chi connectivity index (χ0) is 15.8. The molecule has 0 bridgehead atoms. The topological polar surface area (TPSA) is 63.8 Å². The van der Waals surface area contributed by atoms with Gasteiger partial charge in [0, 0.05) is 28.3 Å². The minimum absolute atomic E-state index is 0.437. The normalized spacial score (nSPS) is 11.2. The molecule has 114 valence electrons. The first kappa shape index (κ1) is 14.0. The third kappa shape index (κ3) is 2.73. The van der Waals surface area contributed by atoms with Gasteiger partial charge in [0.05, 0.1) is 0 Å². The van der Waals surface area contributed by atoms with Crippen molar-refractivity contribution in [3.05, 3.63) is 75.3 Å². The van der Waals surface area contributed by atoms with Gasteiger partial charge in [-0.3, -0.25) is 9.51 Å². The molecule has 0 aliphatic heterocycles. The van der Waals surface area contributed by atoms with E-state index in [4.69, 9.17) is 0 Å². The van der Waals surface area contributed by atoms with E-state index in [9.17, 15) is 4.79 Å². The van der Waals surface area contributed by atoms with E-state index >= 15 is 0 Å². The number of hydrogen-bond acceptors (Lipinski definition) is 3. The molecule has 5 nitrogen and oxygen atoms in total. The average Bonchev–Trinajstić information content (AvgIpc) is 3.14. The fourth-order valence-corrected chi connectivity index (χ4v) is 3.10. The molecule has 0 fully saturated rings.